The standard InChI is InChI=1S/C20H26N6O/c1-14-21-9-7-17(22-14)25-10-8-15(11-25)13-27-19-6-5-18-23-16(20(2,3)4)12-26(18)24-19/h5-7,9,12,15H,8,10-11,13H2,1-4H3. The molecule has 27 heavy (non-hydrogen) atoms. The number of nitrogens with zero attached hydrogens (tertiary/aromatic N) is 6. The Balaban J connectivity index is 1.39. The largest absolute Gasteiger partial charge is 0.476 e. The van der Waals surface area contributed by atoms with E-state index in [-0.39, 0.29) is 5.41 Å². The van der Waals surface area contributed by atoms with Crippen LogP contribution in [0.2, 0.25) is 0 Å². The van der Waals surface area contributed by atoms with Gasteiger partial charge in [-0.05, 0) is 25.5 Å². The minimum absolute atomic E-state index is 0.00136. The monoisotopic (exact) mass is 366 g/mol. The van der Waals surface area contributed by atoms with Crippen LogP contribution >= 0.6 is 0 Å². The molecule has 4 heterocycles. The Hall–Kier alpha value is -2.70. The van der Waals surface area contributed by atoms with Crippen LogP contribution in [0.25, 0.3) is 5.65 Å². The summed E-state index contributed by atoms with van der Waals surface area (Å²) in [5.74, 6) is 2.90. The van der Waals surface area contributed by atoms with Crippen LogP contribution in [0.3, 0.4) is 0 Å². The Morgan fingerprint density at radius 3 is 2.81 bits per heavy atom. The molecule has 0 bridgehead atoms. The van der Waals surface area contributed by atoms with E-state index in [2.05, 4.69) is 45.7 Å². The van der Waals surface area contributed by atoms with Crippen LogP contribution in [-0.4, -0.2) is 44.3 Å². The van der Waals surface area contributed by atoms with E-state index in [1.165, 1.54) is 0 Å². The first-order valence-corrected chi connectivity index (χ1v) is 9.43. The van der Waals surface area contributed by atoms with Crippen LogP contribution in [0, 0.1) is 12.8 Å². The van der Waals surface area contributed by atoms with Crippen LogP contribution in [0.15, 0.2) is 30.6 Å². The van der Waals surface area contributed by atoms with E-state index >= 15 is 0 Å². The molecule has 7 heteroatoms. The number of hydrogen-bond acceptors (Lipinski definition) is 6. The van der Waals surface area contributed by atoms with Crippen LogP contribution in [-0.2, 0) is 5.41 Å². The lowest BCUT2D eigenvalue weighted by Gasteiger charge is -2.17. The molecule has 0 aromatic carbocycles. The van der Waals surface area contributed by atoms with E-state index in [0.717, 1.165) is 42.5 Å². The fourth-order valence-electron chi connectivity index (χ4n) is 3.30. The highest BCUT2D eigenvalue weighted by molar-refractivity contribution is 5.41. The van der Waals surface area contributed by atoms with Crippen molar-refractivity contribution in [3.63, 3.8) is 0 Å². The molecule has 1 aliphatic rings. The van der Waals surface area contributed by atoms with Gasteiger partial charge in [0.15, 0.2) is 5.65 Å². The highest BCUT2D eigenvalue weighted by atomic mass is 16.5. The van der Waals surface area contributed by atoms with Gasteiger partial charge < -0.3 is 9.64 Å². The van der Waals surface area contributed by atoms with E-state index < -0.39 is 0 Å². The summed E-state index contributed by atoms with van der Waals surface area (Å²) in [6, 6.07) is 5.83. The van der Waals surface area contributed by atoms with Gasteiger partial charge in [0.25, 0.3) is 0 Å². The summed E-state index contributed by atoms with van der Waals surface area (Å²) in [6.45, 7) is 11.0. The number of fused-ring (bicyclic) bond motifs is 1. The lowest BCUT2D eigenvalue weighted by atomic mass is 9.93. The van der Waals surface area contributed by atoms with Crippen LogP contribution in [0.1, 0.15) is 38.7 Å². The van der Waals surface area contributed by atoms with Gasteiger partial charge in [0.1, 0.15) is 11.6 Å². The third-order valence-electron chi connectivity index (χ3n) is 4.90. The van der Waals surface area contributed by atoms with Gasteiger partial charge in [-0.3, -0.25) is 0 Å². The number of aromatic nitrogens is 5. The second-order valence-electron chi connectivity index (χ2n) is 8.22. The van der Waals surface area contributed by atoms with Crippen molar-refractivity contribution >= 4 is 11.5 Å². The first kappa shape index (κ1) is 17.7. The third kappa shape index (κ3) is 3.86. The molecule has 0 amide bonds. The Morgan fingerprint density at radius 2 is 2.04 bits per heavy atom. The molecule has 0 saturated carbocycles. The van der Waals surface area contributed by atoms with Crippen molar-refractivity contribution in [3.05, 3.63) is 42.1 Å². The van der Waals surface area contributed by atoms with Gasteiger partial charge in [0.2, 0.25) is 5.88 Å². The molecule has 1 atom stereocenters. The molecular formula is C20H26N6O. The van der Waals surface area contributed by atoms with Crippen LogP contribution < -0.4 is 9.64 Å². The third-order valence-corrected chi connectivity index (χ3v) is 4.90. The normalized spacial score (nSPS) is 17.6. The van der Waals surface area contributed by atoms with Crippen molar-refractivity contribution in [2.45, 2.75) is 39.5 Å². The fraction of sp³-hybridized carbons (Fsp3) is 0.500. The summed E-state index contributed by atoms with van der Waals surface area (Å²) >= 11 is 0. The van der Waals surface area contributed by atoms with Gasteiger partial charge >= 0.3 is 0 Å². The molecule has 0 spiro atoms. The highest BCUT2D eigenvalue weighted by Gasteiger charge is 2.24. The molecule has 3 aromatic rings. The van der Waals surface area contributed by atoms with E-state index in [9.17, 15) is 0 Å². The first-order chi connectivity index (χ1) is 12.9. The molecule has 4 rings (SSSR count). The molecule has 142 valence electrons. The average molecular weight is 366 g/mol. The SMILES string of the molecule is Cc1nccc(N2CCC(COc3ccc4nc(C(C)(C)C)cn4n3)C2)n1. The first-order valence-electron chi connectivity index (χ1n) is 9.43. The summed E-state index contributed by atoms with van der Waals surface area (Å²) in [6.07, 6.45) is 4.89. The highest BCUT2D eigenvalue weighted by Crippen LogP contribution is 2.24. The van der Waals surface area contributed by atoms with Gasteiger partial charge in [0.05, 0.1) is 18.5 Å². The summed E-state index contributed by atoms with van der Waals surface area (Å²) in [7, 11) is 0. The Kier molecular flexibility index (Phi) is 4.45. The fourth-order valence-corrected chi connectivity index (χ4v) is 3.30. The van der Waals surface area contributed by atoms with Gasteiger partial charge in [-0.25, -0.2) is 19.5 Å². The van der Waals surface area contributed by atoms with Crippen molar-refractivity contribution < 1.29 is 4.74 Å². The van der Waals surface area contributed by atoms with E-state index in [0.29, 0.717) is 18.4 Å². The molecule has 1 fully saturated rings. The predicted octanol–water partition coefficient (Wildman–Crippen LogP) is 3.03. The van der Waals surface area contributed by atoms with E-state index in [1.807, 2.05) is 37.5 Å². The van der Waals surface area contributed by atoms with Crippen molar-refractivity contribution in [1.29, 1.82) is 0 Å². The van der Waals surface area contributed by atoms with Crippen molar-refractivity contribution in [2.24, 2.45) is 5.92 Å². The van der Waals surface area contributed by atoms with Crippen LogP contribution in [0.4, 0.5) is 5.82 Å². The average Bonchev–Trinajstić information content (AvgIpc) is 3.26. The molecule has 1 unspecified atom stereocenters. The summed E-state index contributed by atoms with van der Waals surface area (Å²) in [5.41, 5.74) is 1.87. The van der Waals surface area contributed by atoms with E-state index in [1.54, 1.807) is 4.52 Å². The summed E-state index contributed by atoms with van der Waals surface area (Å²) in [4.78, 5) is 15.6. The van der Waals surface area contributed by atoms with Gasteiger partial charge in [-0.2, -0.15) is 0 Å². The number of rotatable bonds is 4. The molecule has 0 N–H and O–H groups in total. The number of hydrogen-bond donors (Lipinski definition) is 0. The predicted molar refractivity (Wildman–Crippen MR) is 104 cm³/mol. The molecule has 1 saturated heterocycles. The lowest BCUT2D eigenvalue weighted by Crippen LogP contribution is -2.23. The number of anilines is 1. The van der Waals surface area contributed by atoms with Crippen LogP contribution in [0.5, 0.6) is 5.88 Å². The maximum atomic E-state index is 5.98. The summed E-state index contributed by atoms with van der Waals surface area (Å²) in [5, 5.41) is 4.56. The smallest absolute Gasteiger partial charge is 0.231 e. The van der Waals surface area contributed by atoms with E-state index in [4.69, 9.17) is 4.74 Å². The van der Waals surface area contributed by atoms with Gasteiger partial charge in [-0.1, -0.05) is 20.8 Å². The minimum atomic E-state index is 0.00136. The zero-order valence-corrected chi connectivity index (χ0v) is 16.4. The van der Waals surface area contributed by atoms with Crippen molar-refractivity contribution in [2.75, 3.05) is 24.6 Å². The zero-order valence-electron chi connectivity index (χ0n) is 16.4. The Labute approximate surface area is 159 Å². The van der Waals surface area contributed by atoms with Gasteiger partial charge in [0, 0.05) is 36.7 Å². The molecular weight excluding hydrogens is 340 g/mol. The quantitative estimate of drug-likeness (QED) is 0.707. The Bertz CT molecular complexity index is 945. The molecule has 3 aromatic heterocycles. The molecule has 1 aliphatic heterocycles. The summed E-state index contributed by atoms with van der Waals surface area (Å²) < 4.78 is 7.79. The minimum Gasteiger partial charge on any atom is -0.476 e. The maximum Gasteiger partial charge on any atom is 0.231 e. The number of imidazole rings is 1. The lowest BCUT2D eigenvalue weighted by molar-refractivity contribution is 0.249. The Morgan fingerprint density at radius 1 is 1.19 bits per heavy atom. The molecule has 0 radical (unpaired) electrons. The second kappa shape index (κ2) is 6.79. The maximum absolute atomic E-state index is 5.98. The second-order valence-corrected chi connectivity index (χ2v) is 8.22. The number of ether oxygens (including phenoxy) is 1. The van der Waals surface area contributed by atoms with Gasteiger partial charge in [-0.15, -0.1) is 5.10 Å². The zero-order chi connectivity index (χ0) is 19.0. The van der Waals surface area contributed by atoms with Crippen molar-refractivity contribution in [1.82, 2.24) is 24.6 Å². The number of aryl methyl sites for hydroxylation is 1. The van der Waals surface area contributed by atoms with Crippen molar-refractivity contribution in [3.8, 4) is 5.88 Å². The topological polar surface area (TPSA) is 68.4 Å². The molecule has 0 aliphatic carbocycles. The molecule has 7 nitrogen and oxygen atoms in total.